The van der Waals surface area contributed by atoms with Gasteiger partial charge in [-0.1, -0.05) is 25.1 Å². The zero-order valence-electron chi connectivity index (χ0n) is 12.5. The van der Waals surface area contributed by atoms with Gasteiger partial charge in [0.05, 0.1) is 4.90 Å². The topological polar surface area (TPSA) is 58.2 Å². The van der Waals surface area contributed by atoms with Crippen LogP contribution in [0.25, 0.3) is 0 Å². The first kappa shape index (κ1) is 15.0. The van der Waals surface area contributed by atoms with Gasteiger partial charge in [0, 0.05) is 18.6 Å². The summed E-state index contributed by atoms with van der Waals surface area (Å²) in [5, 5.41) is 3.39. The van der Waals surface area contributed by atoms with Gasteiger partial charge in [0.15, 0.2) is 0 Å². The van der Waals surface area contributed by atoms with E-state index >= 15 is 0 Å². The van der Waals surface area contributed by atoms with Gasteiger partial charge in [0.1, 0.15) is 0 Å². The number of nitrogens with one attached hydrogen (secondary N) is 2. The maximum Gasteiger partial charge on any atom is 0.241 e. The number of hydrogen-bond acceptors (Lipinski definition) is 3. The minimum atomic E-state index is -3.42. The van der Waals surface area contributed by atoms with Crippen molar-refractivity contribution in [3.05, 3.63) is 29.8 Å². The average Bonchev–Trinajstić information content (AvgIpc) is 3.19. The van der Waals surface area contributed by atoms with Crippen molar-refractivity contribution in [3.8, 4) is 0 Å². The SMILES string of the molecule is CC1CCC(NS(=O)(=O)c2ccccc2CNC2CC2)C1. The third-order valence-electron chi connectivity index (χ3n) is 4.44. The highest BCUT2D eigenvalue weighted by atomic mass is 32.2. The summed E-state index contributed by atoms with van der Waals surface area (Å²) in [5.74, 6) is 0.615. The fourth-order valence-corrected chi connectivity index (χ4v) is 4.57. The van der Waals surface area contributed by atoms with Crippen LogP contribution in [0.1, 0.15) is 44.6 Å². The lowest BCUT2D eigenvalue weighted by Gasteiger charge is -2.16. The zero-order valence-corrected chi connectivity index (χ0v) is 13.3. The minimum Gasteiger partial charge on any atom is -0.310 e. The molecule has 21 heavy (non-hydrogen) atoms. The van der Waals surface area contributed by atoms with E-state index in [1.807, 2.05) is 12.1 Å². The second-order valence-electron chi connectivity index (χ2n) is 6.50. The molecule has 0 heterocycles. The molecule has 2 fully saturated rings. The van der Waals surface area contributed by atoms with E-state index in [1.165, 1.54) is 12.8 Å². The molecule has 0 bridgehead atoms. The van der Waals surface area contributed by atoms with Crippen LogP contribution >= 0.6 is 0 Å². The van der Waals surface area contributed by atoms with E-state index < -0.39 is 10.0 Å². The van der Waals surface area contributed by atoms with Gasteiger partial charge < -0.3 is 5.32 Å². The Hall–Kier alpha value is -0.910. The average molecular weight is 308 g/mol. The van der Waals surface area contributed by atoms with Gasteiger partial charge >= 0.3 is 0 Å². The summed E-state index contributed by atoms with van der Waals surface area (Å²) in [6.07, 6.45) is 5.41. The summed E-state index contributed by atoms with van der Waals surface area (Å²) in [6.45, 7) is 2.81. The molecule has 2 atom stereocenters. The standard InChI is InChI=1S/C16H24N2O2S/c1-12-6-7-15(10-12)18-21(19,20)16-5-3-2-4-13(16)11-17-14-8-9-14/h2-5,12,14-15,17-18H,6-11H2,1H3. The second-order valence-corrected chi connectivity index (χ2v) is 8.18. The fraction of sp³-hybridized carbons (Fsp3) is 0.625. The van der Waals surface area contributed by atoms with Gasteiger partial charge in [-0.3, -0.25) is 0 Å². The Bertz CT molecular complexity index is 596. The van der Waals surface area contributed by atoms with Crippen molar-refractivity contribution in [2.24, 2.45) is 5.92 Å². The maximum absolute atomic E-state index is 12.6. The molecule has 2 unspecified atom stereocenters. The van der Waals surface area contributed by atoms with Crippen molar-refractivity contribution in [3.63, 3.8) is 0 Å². The first-order valence-corrected chi connectivity index (χ1v) is 9.36. The predicted molar refractivity (Wildman–Crippen MR) is 83.4 cm³/mol. The maximum atomic E-state index is 12.6. The largest absolute Gasteiger partial charge is 0.310 e. The smallest absolute Gasteiger partial charge is 0.241 e. The number of benzene rings is 1. The third kappa shape index (κ3) is 3.84. The number of hydrogen-bond donors (Lipinski definition) is 2. The summed E-state index contributed by atoms with van der Waals surface area (Å²) in [4.78, 5) is 0.428. The van der Waals surface area contributed by atoms with E-state index in [-0.39, 0.29) is 6.04 Å². The molecule has 3 rings (SSSR count). The molecular weight excluding hydrogens is 284 g/mol. The summed E-state index contributed by atoms with van der Waals surface area (Å²) >= 11 is 0. The highest BCUT2D eigenvalue weighted by molar-refractivity contribution is 7.89. The van der Waals surface area contributed by atoms with Gasteiger partial charge in [-0.15, -0.1) is 0 Å². The van der Waals surface area contributed by atoms with Crippen molar-refractivity contribution in [2.45, 2.75) is 62.6 Å². The molecular formula is C16H24N2O2S. The summed E-state index contributed by atoms with van der Waals surface area (Å²) in [6, 6.07) is 7.98. The van der Waals surface area contributed by atoms with Crippen LogP contribution in [0.4, 0.5) is 0 Å². The summed E-state index contributed by atoms with van der Waals surface area (Å²) < 4.78 is 28.2. The van der Waals surface area contributed by atoms with Crippen molar-refractivity contribution in [1.82, 2.24) is 10.0 Å². The molecule has 2 N–H and O–H groups in total. The molecule has 0 spiro atoms. The molecule has 2 aliphatic carbocycles. The minimum absolute atomic E-state index is 0.0921. The Kier molecular flexibility index (Phi) is 4.33. The Labute approximate surface area is 127 Å². The number of rotatable bonds is 6. The van der Waals surface area contributed by atoms with E-state index in [0.29, 0.717) is 23.4 Å². The lowest BCUT2D eigenvalue weighted by Crippen LogP contribution is -2.34. The van der Waals surface area contributed by atoms with E-state index in [9.17, 15) is 8.42 Å². The molecule has 0 radical (unpaired) electrons. The van der Waals surface area contributed by atoms with E-state index in [1.54, 1.807) is 12.1 Å². The van der Waals surface area contributed by atoms with Crippen LogP contribution in [0.3, 0.4) is 0 Å². The van der Waals surface area contributed by atoms with E-state index in [4.69, 9.17) is 0 Å². The van der Waals surface area contributed by atoms with Gasteiger partial charge in [-0.25, -0.2) is 13.1 Å². The van der Waals surface area contributed by atoms with Crippen LogP contribution in [-0.4, -0.2) is 20.5 Å². The molecule has 116 valence electrons. The molecule has 2 aliphatic rings. The molecule has 0 saturated heterocycles. The molecule has 0 aliphatic heterocycles. The highest BCUT2D eigenvalue weighted by Crippen LogP contribution is 2.27. The molecule has 5 heteroatoms. The van der Waals surface area contributed by atoms with Crippen LogP contribution in [-0.2, 0) is 16.6 Å². The van der Waals surface area contributed by atoms with E-state index in [0.717, 1.165) is 24.8 Å². The van der Waals surface area contributed by atoms with Crippen LogP contribution < -0.4 is 10.0 Å². The predicted octanol–water partition coefficient (Wildman–Crippen LogP) is 2.41. The Balaban J connectivity index is 1.74. The van der Waals surface area contributed by atoms with E-state index in [2.05, 4.69) is 17.0 Å². The highest BCUT2D eigenvalue weighted by Gasteiger charge is 2.28. The van der Waals surface area contributed by atoms with Crippen LogP contribution in [0.15, 0.2) is 29.2 Å². The zero-order chi connectivity index (χ0) is 14.9. The molecule has 0 amide bonds. The van der Waals surface area contributed by atoms with Gasteiger partial charge in [0.25, 0.3) is 0 Å². The quantitative estimate of drug-likeness (QED) is 0.848. The van der Waals surface area contributed by atoms with Crippen LogP contribution in [0.5, 0.6) is 0 Å². The van der Waals surface area contributed by atoms with Gasteiger partial charge in [0.2, 0.25) is 10.0 Å². The lowest BCUT2D eigenvalue weighted by molar-refractivity contribution is 0.537. The molecule has 2 saturated carbocycles. The van der Waals surface area contributed by atoms with Gasteiger partial charge in [-0.2, -0.15) is 0 Å². The molecule has 4 nitrogen and oxygen atoms in total. The monoisotopic (exact) mass is 308 g/mol. The van der Waals surface area contributed by atoms with Crippen LogP contribution in [0, 0.1) is 5.92 Å². The fourth-order valence-electron chi connectivity index (χ4n) is 3.05. The summed E-state index contributed by atoms with van der Waals surface area (Å²) in [7, 11) is -3.42. The van der Waals surface area contributed by atoms with Crippen molar-refractivity contribution >= 4 is 10.0 Å². The van der Waals surface area contributed by atoms with Crippen LogP contribution in [0.2, 0.25) is 0 Å². The van der Waals surface area contributed by atoms with Crippen molar-refractivity contribution < 1.29 is 8.42 Å². The first-order chi connectivity index (χ1) is 10.0. The Morgan fingerprint density at radius 3 is 2.48 bits per heavy atom. The molecule has 0 aromatic heterocycles. The Morgan fingerprint density at radius 2 is 1.81 bits per heavy atom. The Morgan fingerprint density at radius 1 is 1.10 bits per heavy atom. The first-order valence-electron chi connectivity index (χ1n) is 7.88. The van der Waals surface area contributed by atoms with Crippen molar-refractivity contribution in [2.75, 3.05) is 0 Å². The molecule has 1 aromatic rings. The van der Waals surface area contributed by atoms with Crippen molar-refractivity contribution in [1.29, 1.82) is 0 Å². The lowest BCUT2D eigenvalue weighted by atomic mass is 10.1. The third-order valence-corrected chi connectivity index (χ3v) is 6.06. The van der Waals surface area contributed by atoms with Gasteiger partial charge in [-0.05, 0) is 49.7 Å². The second kappa shape index (κ2) is 6.07. The number of sulfonamides is 1. The molecule has 1 aromatic carbocycles. The normalized spacial score (nSPS) is 26.1. The summed E-state index contributed by atoms with van der Waals surface area (Å²) in [5.41, 5.74) is 0.864.